The highest BCUT2D eigenvalue weighted by Crippen LogP contribution is 2.19. The fraction of sp³-hybridized carbons (Fsp3) is 0.176. The van der Waals surface area contributed by atoms with Gasteiger partial charge in [-0.25, -0.2) is 4.79 Å². The van der Waals surface area contributed by atoms with Gasteiger partial charge in [-0.3, -0.25) is 4.79 Å². The lowest BCUT2D eigenvalue weighted by atomic mass is 10.1. The first-order valence-electron chi connectivity index (χ1n) is 6.93. The van der Waals surface area contributed by atoms with Crippen molar-refractivity contribution in [2.24, 2.45) is 0 Å². The van der Waals surface area contributed by atoms with E-state index < -0.39 is 5.97 Å². The normalized spacial score (nSPS) is 11.6. The van der Waals surface area contributed by atoms with Crippen molar-refractivity contribution in [1.82, 2.24) is 5.32 Å². The number of amides is 1. The summed E-state index contributed by atoms with van der Waals surface area (Å²) in [6.45, 7) is 1.48. The summed E-state index contributed by atoms with van der Waals surface area (Å²) in [6.07, 6.45) is 0. The molecule has 0 spiro atoms. The second-order valence-electron chi connectivity index (χ2n) is 4.93. The van der Waals surface area contributed by atoms with E-state index in [9.17, 15) is 9.59 Å². The molecule has 2 aromatic rings. The predicted octanol–water partition coefficient (Wildman–Crippen LogP) is 4.03. The molecule has 120 valence electrons. The van der Waals surface area contributed by atoms with Crippen LogP contribution in [0.5, 0.6) is 0 Å². The number of hydrogen-bond donors (Lipinski definition) is 1. The molecule has 0 saturated heterocycles. The molecule has 0 aliphatic rings. The van der Waals surface area contributed by atoms with Crippen molar-refractivity contribution in [2.45, 2.75) is 13.0 Å². The van der Waals surface area contributed by atoms with Gasteiger partial charge in [0.05, 0.1) is 11.6 Å². The molecule has 2 aromatic carbocycles. The van der Waals surface area contributed by atoms with Crippen LogP contribution in [-0.4, -0.2) is 18.5 Å². The molecule has 4 nitrogen and oxygen atoms in total. The van der Waals surface area contributed by atoms with Gasteiger partial charge in [0, 0.05) is 10.0 Å². The standard InChI is InChI=1S/C17H15Cl2NO3/c1-11(12-5-3-2-4-6-12)20-16(21)10-23-17(22)13-7-14(18)9-15(19)8-13/h2-9,11H,10H2,1H3,(H,20,21). The Labute approximate surface area is 144 Å². The molecule has 2 rings (SSSR count). The van der Waals surface area contributed by atoms with Crippen molar-refractivity contribution < 1.29 is 14.3 Å². The first-order valence-corrected chi connectivity index (χ1v) is 7.69. The zero-order chi connectivity index (χ0) is 16.8. The van der Waals surface area contributed by atoms with E-state index in [-0.39, 0.29) is 24.1 Å². The molecule has 0 saturated carbocycles. The largest absolute Gasteiger partial charge is 0.452 e. The van der Waals surface area contributed by atoms with Crippen LogP contribution in [0.25, 0.3) is 0 Å². The van der Waals surface area contributed by atoms with E-state index in [2.05, 4.69) is 5.32 Å². The number of halogens is 2. The van der Waals surface area contributed by atoms with E-state index in [0.717, 1.165) is 5.56 Å². The highest BCUT2D eigenvalue weighted by Gasteiger charge is 2.14. The Morgan fingerprint density at radius 3 is 2.30 bits per heavy atom. The number of esters is 1. The van der Waals surface area contributed by atoms with Gasteiger partial charge in [-0.2, -0.15) is 0 Å². The van der Waals surface area contributed by atoms with Gasteiger partial charge in [0.25, 0.3) is 5.91 Å². The van der Waals surface area contributed by atoms with Crippen LogP contribution in [0.3, 0.4) is 0 Å². The number of ether oxygens (including phenoxy) is 1. The van der Waals surface area contributed by atoms with Crippen molar-refractivity contribution in [2.75, 3.05) is 6.61 Å². The Morgan fingerprint density at radius 2 is 1.70 bits per heavy atom. The summed E-state index contributed by atoms with van der Waals surface area (Å²) in [5.74, 6) is -1.04. The summed E-state index contributed by atoms with van der Waals surface area (Å²) in [6, 6.07) is 13.7. The molecule has 0 radical (unpaired) electrons. The van der Waals surface area contributed by atoms with Crippen molar-refractivity contribution in [1.29, 1.82) is 0 Å². The number of rotatable bonds is 5. The van der Waals surface area contributed by atoms with E-state index in [1.807, 2.05) is 37.3 Å². The fourth-order valence-corrected chi connectivity index (χ4v) is 2.52. The van der Waals surface area contributed by atoms with Crippen LogP contribution in [0, 0.1) is 0 Å². The van der Waals surface area contributed by atoms with Crippen LogP contribution in [0.4, 0.5) is 0 Å². The van der Waals surface area contributed by atoms with Gasteiger partial charge in [-0.15, -0.1) is 0 Å². The zero-order valence-electron chi connectivity index (χ0n) is 12.4. The average Bonchev–Trinajstić information content (AvgIpc) is 2.52. The van der Waals surface area contributed by atoms with E-state index in [1.165, 1.54) is 18.2 Å². The minimum atomic E-state index is -0.656. The molecular formula is C17H15Cl2NO3. The summed E-state index contributed by atoms with van der Waals surface area (Å²) in [7, 11) is 0. The monoisotopic (exact) mass is 351 g/mol. The van der Waals surface area contributed by atoms with E-state index in [0.29, 0.717) is 10.0 Å². The Kier molecular flexibility index (Phi) is 6.02. The van der Waals surface area contributed by atoms with Gasteiger partial charge in [0.15, 0.2) is 6.61 Å². The van der Waals surface area contributed by atoms with E-state index in [1.54, 1.807) is 0 Å². The van der Waals surface area contributed by atoms with Crippen molar-refractivity contribution in [3.63, 3.8) is 0 Å². The molecule has 0 bridgehead atoms. The summed E-state index contributed by atoms with van der Waals surface area (Å²) in [4.78, 5) is 23.7. The molecule has 0 aromatic heterocycles. The van der Waals surface area contributed by atoms with E-state index in [4.69, 9.17) is 27.9 Å². The van der Waals surface area contributed by atoms with Gasteiger partial charge in [-0.05, 0) is 30.7 Å². The quantitative estimate of drug-likeness (QED) is 0.827. The van der Waals surface area contributed by atoms with Gasteiger partial charge in [0.2, 0.25) is 0 Å². The maximum atomic E-state index is 11.9. The van der Waals surface area contributed by atoms with Crippen LogP contribution >= 0.6 is 23.2 Å². The number of carbonyl (C=O) groups excluding carboxylic acids is 2. The average molecular weight is 352 g/mol. The molecule has 1 atom stereocenters. The minimum absolute atomic E-state index is 0.178. The van der Waals surface area contributed by atoms with Crippen molar-refractivity contribution in [3.05, 3.63) is 69.7 Å². The lowest BCUT2D eigenvalue weighted by Gasteiger charge is -2.14. The highest BCUT2D eigenvalue weighted by atomic mass is 35.5. The van der Waals surface area contributed by atoms with Crippen LogP contribution in [-0.2, 0) is 9.53 Å². The van der Waals surface area contributed by atoms with Gasteiger partial charge in [0.1, 0.15) is 0 Å². The van der Waals surface area contributed by atoms with Gasteiger partial charge in [-0.1, -0.05) is 53.5 Å². The first kappa shape index (κ1) is 17.3. The van der Waals surface area contributed by atoms with Crippen LogP contribution in [0.15, 0.2) is 48.5 Å². The molecule has 1 amide bonds. The Morgan fingerprint density at radius 1 is 1.09 bits per heavy atom. The maximum absolute atomic E-state index is 11.9. The lowest BCUT2D eigenvalue weighted by molar-refractivity contribution is -0.124. The third-order valence-electron chi connectivity index (χ3n) is 3.11. The predicted molar refractivity (Wildman–Crippen MR) is 89.7 cm³/mol. The number of hydrogen-bond acceptors (Lipinski definition) is 3. The summed E-state index contributed by atoms with van der Waals surface area (Å²) >= 11 is 11.6. The summed E-state index contributed by atoms with van der Waals surface area (Å²) in [5, 5.41) is 3.41. The van der Waals surface area contributed by atoms with Crippen molar-refractivity contribution >= 4 is 35.1 Å². The lowest BCUT2D eigenvalue weighted by Crippen LogP contribution is -2.31. The number of benzene rings is 2. The Balaban J connectivity index is 1.87. The molecule has 1 N–H and O–H groups in total. The number of carbonyl (C=O) groups is 2. The molecule has 0 fully saturated rings. The van der Waals surface area contributed by atoms with Crippen LogP contribution in [0.2, 0.25) is 10.0 Å². The molecule has 0 aliphatic carbocycles. The third-order valence-corrected chi connectivity index (χ3v) is 3.55. The molecule has 1 unspecified atom stereocenters. The molecule has 6 heteroatoms. The SMILES string of the molecule is CC(NC(=O)COC(=O)c1cc(Cl)cc(Cl)c1)c1ccccc1. The summed E-state index contributed by atoms with van der Waals surface area (Å²) < 4.78 is 4.97. The molecular weight excluding hydrogens is 337 g/mol. The van der Waals surface area contributed by atoms with Gasteiger partial charge < -0.3 is 10.1 Å². The van der Waals surface area contributed by atoms with Crippen LogP contribution in [0.1, 0.15) is 28.9 Å². The third kappa shape index (κ3) is 5.27. The molecule has 23 heavy (non-hydrogen) atoms. The summed E-state index contributed by atoms with van der Waals surface area (Å²) in [5.41, 5.74) is 1.17. The zero-order valence-corrected chi connectivity index (χ0v) is 13.9. The molecule has 0 heterocycles. The number of nitrogens with one attached hydrogen (secondary N) is 1. The first-order chi connectivity index (χ1) is 11.0. The molecule has 0 aliphatic heterocycles. The fourth-order valence-electron chi connectivity index (χ4n) is 1.99. The maximum Gasteiger partial charge on any atom is 0.338 e. The minimum Gasteiger partial charge on any atom is -0.452 e. The van der Waals surface area contributed by atoms with Crippen LogP contribution < -0.4 is 5.32 Å². The Hall–Kier alpha value is -2.04. The second-order valence-corrected chi connectivity index (χ2v) is 5.81. The Bertz CT molecular complexity index is 684. The van der Waals surface area contributed by atoms with E-state index >= 15 is 0 Å². The van der Waals surface area contributed by atoms with Crippen molar-refractivity contribution in [3.8, 4) is 0 Å². The topological polar surface area (TPSA) is 55.4 Å². The second kappa shape index (κ2) is 7.99. The van der Waals surface area contributed by atoms with Gasteiger partial charge >= 0.3 is 5.97 Å². The highest BCUT2D eigenvalue weighted by molar-refractivity contribution is 6.35. The smallest absolute Gasteiger partial charge is 0.338 e.